The molecule has 1 aliphatic heterocycles. The Morgan fingerprint density at radius 2 is 2.06 bits per heavy atom. The first kappa shape index (κ1) is 13.2. The Morgan fingerprint density at radius 1 is 1.22 bits per heavy atom. The fourth-order valence-corrected chi connectivity index (χ4v) is 2.11. The lowest BCUT2D eigenvalue weighted by Gasteiger charge is -2.14. The zero-order valence-corrected chi connectivity index (χ0v) is 11.2. The molecule has 0 saturated carbocycles. The van der Waals surface area contributed by atoms with Crippen molar-refractivity contribution in [2.24, 2.45) is 0 Å². The van der Waals surface area contributed by atoms with Crippen LogP contribution in [0.15, 0.2) is 35.9 Å². The van der Waals surface area contributed by atoms with E-state index in [1.807, 2.05) is 0 Å². The van der Waals surface area contributed by atoms with Gasteiger partial charge < -0.3 is 10.1 Å². The second kappa shape index (κ2) is 7.22. The Hall–Kier alpha value is -1.28. The first-order valence-corrected chi connectivity index (χ1v) is 6.99. The molecule has 2 rings (SSSR count). The fourth-order valence-electron chi connectivity index (χ4n) is 2.11. The van der Waals surface area contributed by atoms with Gasteiger partial charge in [0.15, 0.2) is 0 Å². The topological polar surface area (TPSA) is 21.3 Å². The molecular formula is C16H23NO. The quantitative estimate of drug-likeness (QED) is 0.776. The van der Waals surface area contributed by atoms with E-state index in [-0.39, 0.29) is 0 Å². The van der Waals surface area contributed by atoms with Gasteiger partial charge in [0.05, 0.1) is 0 Å². The average molecular weight is 245 g/mol. The molecular weight excluding hydrogens is 222 g/mol. The summed E-state index contributed by atoms with van der Waals surface area (Å²) in [7, 11) is 0. The second-order valence-corrected chi connectivity index (χ2v) is 4.85. The highest BCUT2D eigenvalue weighted by molar-refractivity contribution is 5.28. The van der Waals surface area contributed by atoms with Gasteiger partial charge in [0.25, 0.3) is 0 Å². The molecule has 0 atom stereocenters. The summed E-state index contributed by atoms with van der Waals surface area (Å²) in [5, 5.41) is 3.31. The molecule has 0 amide bonds. The number of benzene rings is 1. The number of hydrogen-bond donors (Lipinski definition) is 1. The molecule has 0 saturated heterocycles. The molecule has 2 heteroatoms. The SMILES string of the molecule is CCCCc1ccc(OCC2=CCNCC2)cc1. The first-order valence-electron chi connectivity index (χ1n) is 6.99. The maximum Gasteiger partial charge on any atom is 0.119 e. The molecule has 1 aromatic carbocycles. The maximum absolute atomic E-state index is 5.81. The van der Waals surface area contributed by atoms with Crippen LogP contribution >= 0.6 is 0 Å². The van der Waals surface area contributed by atoms with Crippen LogP contribution in [0.25, 0.3) is 0 Å². The van der Waals surface area contributed by atoms with Crippen LogP contribution in [-0.4, -0.2) is 19.7 Å². The second-order valence-electron chi connectivity index (χ2n) is 4.85. The van der Waals surface area contributed by atoms with Crippen molar-refractivity contribution >= 4 is 0 Å². The van der Waals surface area contributed by atoms with Crippen LogP contribution in [-0.2, 0) is 6.42 Å². The summed E-state index contributed by atoms with van der Waals surface area (Å²) in [5.41, 5.74) is 2.81. The predicted octanol–water partition coefficient (Wildman–Crippen LogP) is 3.33. The molecule has 1 aliphatic rings. The highest BCUT2D eigenvalue weighted by Crippen LogP contribution is 2.15. The van der Waals surface area contributed by atoms with Gasteiger partial charge in [0.1, 0.15) is 12.4 Å². The van der Waals surface area contributed by atoms with Gasteiger partial charge >= 0.3 is 0 Å². The van der Waals surface area contributed by atoms with E-state index in [0.717, 1.165) is 31.9 Å². The van der Waals surface area contributed by atoms with Crippen LogP contribution in [0, 0.1) is 0 Å². The number of ether oxygens (including phenoxy) is 1. The van der Waals surface area contributed by atoms with Crippen LogP contribution < -0.4 is 10.1 Å². The molecule has 0 unspecified atom stereocenters. The molecule has 0 fully saturated rings. The van der Waals surface area contributed by atoms with Crippen molar-refractivity contribution in [1.82, 2.24) is 5.32 Å². The van der Waals surface area contributed by atoms with Gasteiger partial charge in [-0.1, -0.05) is 31.6 Å². The van der Waals surface area contributed by atoms with Gasteiger partial charge in [-0.3, -0.25) is 0 Å². The molecule has 1 aromatic rings. The van der Waals surface area contributed by atoms with Gasteiger partial charge in [-0.2, -0.15) is 0 Å². The molecule has 0 aliphatic carbocycles. The highest BCUT2D eigenvalue weighted by atomic mass is 16.5. The molecule has 18 heavy (non-hydrogen) atoms. The summed E-state index contributed by atoms with van der Waals surface area (Å²) in [5.74, 6) is 0.981. The third-order valence-corrected chi connectivity index (χ3v) is 3.32. The minimum absolute atomic E-state index is 0.732. The van der Waals surface area contributed by atoms with Crippen LogP contribution in [0.3, 0.4) is 0 Å². The lowest BCUT2D eigenvalue weighted by Crippen LogP contribution is -2.22. The zero-order valence-electron chi connectivity index (χ0n) is 11.2. The largest absolute Gasteiger partial charge is 0.489 e. The molecule has 1 heterocycles. The Balaban J connectivity index is 1.80. The van der Waals surface area contributed by atoms with Crippen molar-refractivity contribution in [3.8, 4) is 5.75 Å². The molecule has 98 valence electrons. The summed E-state index contributed by atoms with van der Waals surface area (Å²) in [6.07, 6.45) is 7.03. The van der Waals surface area contributed by atoms with Crippen LogP contribution in [0.1, 0.15) is 31.7 Å². The van der Waals surface area contributed by atoms with E-state index in [4.69, 9.17) is 4.74 Å². The number of aryl methyl sites for hydroxylation is 1. The zero-order chi connectivity index (χ0) is 12.6. The Bertz CT molecular complexity index is 381. The number of hydrogen-bond acceptors (Lipinski definition) is 2. The van der Waals surface area contributed by atoms with Gasteiger partial charge in [-0.25, -0.2) is 0 Å². The summed E-state index contributed by atoms with van der Waals surface area (Å²) in [4.78, 5) is 0. The lowest BCUT2D eigenvalue weighted by atomic mass is 10.1. The standard InChI is InChI=1S/C16H23NO/c1-2-3-4-14-5-7-16(8-6-14)18-13-15-9-11-17-12-10-15/h5-9,17H,2-4,10-13H2,1H3. The summed E-state index contributed by atoms with van der Waals surface area (Å²) < 4.78 is 5.81. The molecule has 0 aromatic heterocycles. The minimum atomic E-state index is 0.732. The maximum atomic E-state index is 5.81. The number of unbranched alkanes of at least 4 members (excludes halogenated alkanes) is 1. The van der Waals surface area contributed by atoms with Crippen molar-refractivity contribution in [3.63, 3.8) is 0 Å². The van der Waals surface area contributed by atoms with E-state index in [1.165, 1.54) is 30.4 Å². The van der Waals surface area contributed by atoms with Gasteiger partial charge in [0, 0.05) is 6.54 Å². The lowest BCUT2D eigenvalue weighted by molar-refractivity contribution is 0.344. The minimum Gasteiger partial charge on any atom is -0.489 e. The molecule has 2 nitrogen and oxygen atoms in total. The highest BCUT2D eigenvalue weighted by Gasteiger charge is 2.03. The van der Waals surface area contributed by atoms with Gasteiger partial charge in [-0.15, -0.1) is 0 Å². The predicted molar refractivity (Wildman–Crippen MR) is 76.1 cm³/mol. The average Bonchev–Trinajstić information content (AvgIpc) is 2.45. The Labute approximate surface area is 110 Å². The third-order valence-electron chi connectivity index (χ3n) is 3.32. The summed E-state index contributed by atoms with van der Waals surface area (Å²) in [6, 6.07) is 8.54. The van der Waals surface area contributed by atoms with Crippen molar-refractivity contribution in [1.29, 1.82) is 0 Å². The van der Waals surface area contributed by atoms with Crippen LogP contribution in [0.4, 0.5) is 0 Å². The van der Waals surface area contributed by atoms with Crippen molar-refractivity contribution < 1.29 is 4.74 Å². The third kappa shape index (κ3) is 4.19. The number of rotatable bonds is 6. The smallest absolute Gasteiger partial charge is 0.119 e. The molecule has 0 radical (unpaired) electrons. The van der Waals surface area contributed by atoms with E-state index >= 15 is 0 Å². The normalized spacial score (nSPS) is 15.3. The van der Waals surface area contributed by atoms with Crippen LogP contribution in [0.5, 0.6) is 5.75 Å². The van der Waals surface area contributed by atoms with Crippen molar-refractivity contribution in [3.05, 3.63) is 41.5 Å². The molecule has 0 spiro atoms. The Morgan fingerprint density at radius 3 is 2.72 bits per heavy atom. The fraction of sp³-hybridized carbons (Fsp3) is 0.500. The Kier molecular flexibility index (Phi) is 5.28. The first-order chi connectivity index (χ1) is 8.88. The van der Waals surface area contributed by atoms with E-state index in [1.54, 1.807) is 0 Å². The van der Waals surface area contributed by atoms with Crippen molar-refractivity contribution in [2.45, 2.75) is 32.6 Å². The molecule has 0 bridgehead atoms. The monoisotopic (exact) mass is 245 g/mol. The van der Waals surface area contributed by atoms with Gasteiger partial charge in [-0.05, 0) is 49.1 Å². The number of nitrogens with one attached hydrogen (secondary N) is 1. The molecule has 1 N–H and O–H groups in total. The summed E-state index contributed by atoms with van der Waals surface area (Å²) in [6.45, 7) is 5.01. The summed E-state index contributed by atoms with van der Waals surface area (Å²) >= 11 is 0. The van der Waals surface area contributed by atoms with E-state index < -0.39 is 0 Å². The van der Waals surface area contributed by atoms with E-state index in [2.05, 4.69) is 42.6 Å². The van der Waals surface area contributed by atoms with Crippen molar-refractivity contribution in [2.75, 3.05) is 19.7 Å². The van der Waals surface area contributed by atoms with Gasteiger partial charge in [0.2, 0.25) is 0 Å². The van der Waals surface area contributed by atoms with E-state index in [0.29, 0.717) is 0 Å². The van der Waals surface area contributed by atoms with Crippen LogP contribution in [0.2, 0.25) is 0 Å². The van der Waals surface area contributed by atoms with E-state index in [9.17, 15) is 0 Å².